The molecule has 0 bridgehead atoms. The number of urea groups is 1. The molecule has 2 N–H and O–H groups in total. The lowest BCUT2D eigenvalue weighted by molar-refractivity contribution is -0.153. The van der Waals surface area contributed by atoms with Crippen LogP contribution in [-0.4, -0.2) is 18.8 Å². The number of halogens is 3. The van der Waals surface area contributed by atoms with Crippen LogP contribution in [0.15, 0.2) is 48.5 Å². The van der Waals surface area contributed by atoms with E-state index in [0.717, 1.165) is 11.1 Å². The number of anilines is 1. The molecule has 2 amide bonds. The van der Waals surface area contributed by atoms with Crippen molar-refractivity contribution in [1.82, 2.24) is 5.32 Å². The number of aryl methyl sites for hydroxylation is 1. The number of carbonyl (C=O) groups is 1. The molecule has 7 heteroatoms. The molecule has 0 saturated heterocycles. The SMILES string of the molecule is Cc1ccccc1CNC(=O)Nc1cccc(OCC(F)(F)F)c1. The second-order valence-electron chi connectivity index (χ2n) is 5.17. The van der Waals surface area contributed by atoms with E-state index in [1.54, 1.807) is 6.07 Å². The predicted octanol–water partition coefficient (Wildman–Crippen LogP) is 4.26. The molecule has 4 nitrogen and oxygen atoms in total. The molecular weight excluding hydrogens is 321 g/mol. The van der Waals surface area contributed by atoms with Crippen molar-refractivity contribution >= 4 is 11.7 Å². The molecule has 0 aromatic heterocycles. The highest BCUT2D eigenvalue weighted by molar-refractivity contribution is 5.89. The average molecular weight is 338 g/mol. The van der Waals surface area contributed by atoms with Crippen LogP contribution in [-0.2, 0) is 6.54 Å². The molecule has 0 radical (unpaired) electrons. The summed E-state index contributed by atoms with van der Waals surface area (Å²) in [6, 6.07) is 13.0. The first-order valence-corrected chi connectivity index (χ1v) is 7.22. The molecule has 0 fully saturated rings. The summed E-state index contributed by atoms with van der Waals surface area (Å²) in [6.45, 7) is 0.912. The third-order valence-electron chi connectivity index (χ3n) is 3.20. The van der Waals surface area contributed by atoms with Crippen molar-refractivity contribution in [2.24, 2.45) is 0 Å². The molecule has 2 aromatic carbocycles. The van der Waals surface area contributed by atoms with Gasteiger partial charge in [0, 0.05) is 18.3 Å². The standard InChI is InChI=1S/C17H17F3N2O2/c1-12-5-2-3-6-13(12)10-21-16(23)22-14-7-4-8-15(9-14)24-11-17(18,19)20/h2-9H,10-11H2,1H3,(H2,21,22,23). The Kier molecular flexibility index (Phi) is 5.68. The zero-order valence-electron chi connectivity index (χ0n) is 13.0. The third kappa shape index (κ3) is 5.83. The van der Waals surface area contributed by atoms with Crippen molar-refractivity contribution in [2.45, 2.75) is 19.6 Å². The summed E-state index contributed by atoms with van der Waals surface area (Å²) in [7, 11) is 0. The molecule has 128 valence electrons. The van der Waals surface area contributed by atoms with E-state index in [9.17, 15) is 18.0 Å². The van der Waals surface area contributed by atoms with Crippen LogP contribution in [0.3, 0.4) is 0 Å². The summed E-state index contributed by atoms with van der Waals surface area (Å²) in [4.78, 5) is 11.9. The second kappa shape index (κ2) is 7.72. The molecule has 2 rings (SSSR count). The van der Waals surface area contributed by atoms with Gasteiger partial charge in [0.15, 0.2) is 6.61 Å². The van der Waals surface area contributed by atoms with Gasteiger partial charge >= 0.3 is 12.2 Å². The lowest BCUT2D eigenvalue weighted by Crippen LogP contribution is -2.28. The molecule has 0 aliphatic heterocycles. The topological polar surface area (TPSA) is 50.4 Å². The summed E-state index contributed by atoms with van der Waals surface area (Å²) in [5, 5.41) is 5.25. The minimum absolute atomic E-state index is 0.0315. The van der Waals surface area contributed by atoms with Crippen LogP contribution in [0.5, 0.6) is 5.75 Å². The third-order valence-corrected chi connectivity index (χ3v) is 3.20. The van der Waals surface area contributed by atoms with Crippen LogP contribution in [0.4, 0.5) is 23.7 Å². The Bertz CT molecular complexity index is 702. The van der Waals surface area contributed by atoms with Crippen LogP contribution in [0.25, 0.3) is 0 Å². The second-order valence-corrected chi connectivity index (χ2v) is 5.17. The average Bonchev–Trinajstić information content (AvgIpc) is 2.52. The number of rotatable bonds is 5. The number of hydrogen-bond acceptors (Lipinski definition) is 2. The Morgan fingerprint density at radius 1 is 1.12 bits per heavy atom. The fourth-order valence-electron chi connectivity index (χ4n) is 1.99. The lowest BCUT2D eigenvalue weighted by atomic mass is 10.1. The molecule has 0 unspecified atom stereocenters. The van der Waals surface area contributed by atoms with E-state index in [1.807, 2.05) is 31.2 Å². The first kappa shape index (κ1) is 17.7. The summed E-state index contributed by atoms with van der Waals surface area (Å²) in [6.07, 6.45) is -4.41. The van der Waals surface area contributed by atoms with Gasteiger partial charge in [-0.1, -0.05) is 30.3 Å². The fourth-order valence-corrected chi connectivity index (χ4v) is 1.99. The van der Waals surface area contributed by atoms with Crippen LogP contribution < -0.4 is 15.4 Å². The van der Waals surface area contributed by atoms with Gasteiger partial charge in [-0.15, -0.1) is 0 Å². The molecule has 0 aliphatic rings. The van der Waals surface area contributed by atoms with Crippen LogP contribution >= 0.6 is 0 Å². The quantitative estimate of drug-likeness (QED) is 0.856. The Morgan fingerprint density at radius 3 is 2.58 bits per heavy atom. The summed E-state index contributed by atoms with van der Waals surface area (Å²) in [5.41, 5.74) is 2.38. The van der Waals surface area contributed by atoms with Gasteiger partial charge in [0.05, 0.1) is 0 Å². The molecule has 0 spiro atoms. The predicted molar refractivity (Wildman–Crippen MR) is 85.0 cm³/mol. The van der Waals surface area contributed by atoms with Gasteiger partial charge in [-0.25, -0.2) is 4.79 Å². The number of alkyl halides is 3. The largest absolute Gasteiger partial charge is 0.484 e. The monoisotopic (exact) mass is 338 g/mol. The first-order chi connectivity index (χ1) is 11.3. The van der Waals surface area contributed by atoms with E-state index in [1.165, 1.54) is 18.2 Å². The van der Waals surface area contributed by atoms with Gasteiger partial charge in [-0.2, -0.15) is 13.2 Å². The van der Waals surface area contributed by atoms with E-state index in [0.29, 0.717) is 12.2 Å². The lowest BCUT2D eigenvalue weighted by Gasteiger charge is -2.12. The van der Waals surface area contributed by atoms with Gasteiger partial charge in [0.25, 0.3) is 0 Å². The van der Waals surface area contributed by atoms with Crippen LogP contribution in [0.1, 0.15) is 11.1 Å². The summed E-state index contributed by atoms with van der Waals surface area (Å²) >= 11 is 0. The molecule has 0 atom stereocenters. The van der Waals surface area contributed by atoms with Gasteiger partial charge in [-0.05, 0) is 30.2 Å². The van der Waals surface area contributed by atoms with E-state index >= 15 is 0 Å². The molecule has 0 saturated carbocycles. The minimum atomic E-state index is -4.41. The Balaban J connectivity index is 1.88. The summed E-state index contributed by atoms with van der Waals surface area (Å²) < 4.78 is 41.1. The number of amides is 2. The smallest absolute Gasteiger partial charge is 0.422 e. The van der Waals surface area contributed by atoms with Gasteiger partial charge in [-0.3, -0.25) is 0 Å². The zero-order valence-corrected chi connectivity index (χ0v) is 13.0. The Morgan fingerprint density at radius 2 is 1.88 bits per heavy atom. The van der Waals surface area contributed by atoms with Crippen molar-refractivity contribution in [3.63, 3.8) is 0 Å². The normalized spacial score (nSPS) is 11.0. The minimum Gasteiger partial charge on any atom is -0.484 e. The molecular formula is C17H17F3N2O2. The molecule has 2 aromatic rings. The maximum absolute atomic E-state index is 12.1. The maximum Gasteiger partial charge on any atom is 0.422 e. The van der Waals surface area contributed by atoms with Gasteiger partial charge < -0.3 is 15.4 Å². The fraction of sp³-hybridized carbons (Fsp3) is 0.235. The highest BCUT2D eigenvalue weighted by Crippen LogP contribution is 2.21. The number of carbonyl (C=O) groups excluding carboxylic acids is 1. The molecule has 0 heterocycles. The van der Waals surface area contributed by atoms with Crippen molar-refractivity contribution in [3.8, 4) is 5.75 Å². The maximum atomic E-state index is 12.1. The van der Waals surface area contributed by atoms with Crippen LogP contribution in [0, 0.1) is 6.92 Å². The highest BCUT2D eigenvalue weighted by Gasteiger charge is 2.28. The van der Waals surface area contributed by atoms with Crippen molar-refractivity contribution in [3.05, 3.63) is 59.7 Å². The molecule has 0 aliphatic carbocycles. The van der Waals surface area contributed by atoms with E-state index < -0.39 is 18.8 Å². The number of hydrogen-bond donors (Lipinski definition) is 2. The molecule has 24 heavy (non-hydrogen) atoms. The van der Waals surface area contributed by atoms with Crippen molar-refractivity contribution < 1.29 is 22.7 Å². The number of benzene rings is 2. The van der Waals surface area contributed by atoms with Crippen molar-refractivity contribution in [2.75, 3.05) is 11.9 Å². The van der Waals surface area contributed by atoms with Crippen LogP contribution in [0.2, 0.25) is 0 Å². The van der Waals surface area contributed by atoms with E-state index in [2.05, 4.69) is 15.4 Å². The first-order valence-electron chi connectivity index (χ1n) is 7.22. The number of ether oxygens (including phenoxy) is 1. The Hall–Kier alpha value is -2.70. The van der Waals surface area contributed by atoms with Gasteiger partial charge in [0.1, 0.15) is 5.75 Å². The summed E-state index contributed by atoms with van der Waals surface area (Å²) in [5.74, 6) is 0.0315. The van der Waals surface area contributed by atoms with Crippen molar-refractivity contribution in [1.29, 1.82) is 0 Å². The number of nitrogens with one attached hydrogen (secondary N) is 2. The van der Waals surface area contributed by atoms with E-state index in [4.69, 9.17) is 0 Å². The highest BCUT2D eigenvalue weighted by atomic mass is 19.4. The Labute approximate surface area is 137 Å². The van der Waals surface area contributed by atoms with E-state index in [-0.39, 0.29) is 5.75 Å². The van der Waals surface area contributed by atoms with Gasteiger partial charge in [0.2, 0.25) is 0 Å². The zero-order chi connectivity index (χ0) is 17.6.